The molecule has 3 aliphatic heterocycles. The second-order valence-electron chi connectivity index (χ2n) is 11.9. The van der Waals surface area contributed by atoms with Crippen LogP contribution in [0.15, 0.2) is 41.3 Å². The second kappa shape index (κ2) is 11.7. The summed E-state index contributed by atoms with van der Waals surface area (Å²) < 4.78 is 6.50. The van der Waals surface area contributed by atoms with E-state index in [1.165, 1.54) is 6.42 Å². The number of amides is 3. The van der Waals surface area contributed by atoms with Gasteiger partial charge in [-0.3, -0.25) is 14.4 Å². The molecule has 1 spiro atoms. The Kier molecular flexibility index (Phi) is 8.43. The Morgan fingerprint density at radius 1 is 1.15 bits per heavy atom. The van der Waals surface area contributed by atoms with Crippen LogP contribution in [0.5, 0.6) is 0 Å². The molecule has 212 valence electrons. The molecule has 2 bridgehead atoms. The van der Waals surface area contributed by atoms with Crippen molar-refractivity contribution in [1.82, 2.24) is 10.2 Å². The molecule has 8 atom stereocenters. The molecule has 39 heavy (non-hydrogen) atoms. The summed E-state index contributed by atoms with van der Waals surface area (Å²) in [6.07, 6.45) is 12.5. The van der Waals surface area contributed by atoms with Crippen molar-refractivity contribution in [3.8, 4) is 0 Å². The quantitative estimate of drug-likeness (QED) is 0.241. The van der Waals surface area contributed by atoms with Crippen LogP contribution in [0.25, 0.3) is 0 Å². The van der Waals surface area contributed by atoms with Gasteiger partial charge in [-0.1, -0.05) is 71.1 Å². The Labute approximate surface area is 236 Å². The number of fused-ring (bicyclic) bond motifs is 1. The van der Waals surface area contributed by atoms with E-state index in [1.54, 1.807) is 16.7 Å². The highest BCUT2D eigenvalue weighted by Gasteiger charge is 2.72. The molecular formula is C31H43N3O4S. The molecule has 4 aliphatic rings. The average molecular weight is 554 g/mol. The van der Waals surface area contributed by atoms with Crippen molar-refractivity contribution in [1.29, 1.82) is 0 Å². The summed E-state index contributed by atoms with van der Waals surface area (Å²) in [5, 5.41) is 6.36. The van der Waals surface area contributed by atoms with Gasteiger partial charge in [0.15, 0.2) is 0 Å². The van der Waals surface area contributed by atoms with E-state index < -0.39 is 29.6 Å². The van der Waals surface area contributed by atoms with Crippen LogP contribution >= 0.6 is 11.8 Å². The van der Waals surface area contributed by atoms with Gasteiger partial charge in [-0.25, -0.2) is 0 Å². The lowest BCUT2D eigenvalue weighted by Gasteiger charge is -2.38. The van der Waals surface area contributed by atoms with Gasteiger partial charge < -0.3 is 20.3 Å². The van der Waals surface area contributed by atoms with Crippen LogP contribution < -0.4 is 10.6 Å². The Morgan fingerprint density at radius 3 is 2.74 bits per heavy atom. The molecule has 3 fully saturated rings. The molecule has 3 amide bonds. The first kappa shape index (κ1) is 28.2. The summed E-state index contributed by atoms with van der Waals surface area (Å²) in [4.78, 5) is 44.6. The fourth-order valence-corrected chi connectivity index (χ4v) is 7.65. The van der Waals surface area contributed by atoms with Gasteiger partial charge >= 0.3 is 0 Å². The fraction of sp³-hybridized carbons (Fsp3) is 0.645. The highest BCUT2D eigenvalue weighted by atomic mass is 32.2. The highest BCUT2D eigenvalue weighted by molar-refractivity contribution is 7.98. The zero-order chi connectivity index (χ0) is 27.7. The van der Waals surface area contributed by atoms with Crippen LogP contribution in [0.2, 0.25) is 0 Å². The number of carbonyl (C=O) groups excluding carboxylic acids is 3. The van der Waals surface area contributed by atoms with Crippen LogP contribution in [0, 0.1) is 23.7 Å². The average Bonchev–Trinajstić information content (AvgIpc) is 3.56. The first-order valence-electron chi connectivity index (χ1n) is 14.7. The van der Waals surface area contributed by atoms with Gasteiger partial charge in [0.25, 0.3) is 0 Å². The highest BCUT2D eigenvalue weighted by Crippen LogP contribution is 2.55. The molecule has 0 aromatic heterocycles. The smallest absolute Gasteiger partial charge is 0.246 e. The maximum absolute atomic E-state index is 14.1. The van der Waals surface area contributed by atoms with Crippen molar-refractivity contribution in [2.45, 2.75) is 94.4 Å². The maximum Gasteiger partial charge on any atom is 0.246 e. The van der Waals surface area contributed by atoms with Gasteiger partial charge in [-0.15, -0.1) is 11.8 Å². The summed E-state index contributed by atoms with van der Waals surface area (Å²) in [5.41, 5.74) is -0.410. The van der Waals surface area contributed by atoms with E-state index in [4.69, 9.17) is 4.74 Å². The lowest BCUT2D eigenvalue weighted by atomic mass is 9.73. The summed E-state index contributed by atoms with van der Waals surface area (Å²) in [6.45, 7) is 7.11. The zero-order valence-electron chi connectivity index (χ0n) is 23.7. The minimum Gasteiger partial charge on any atom is -0.359 e. The van der Waals surface area contributed by atoms with Crippen molar-refractivity contribution in [2.24, 2.45) is 23.7 Å². The lowest BCUT2D eigenvalue weighted by Crippen LogP contribution is -2.58. The summed E-state index contributed by atoms with van der Waals surface area (Å²) in [6, 6.07) is 7.01. The fourth-order valence-electron chi connectivity index (χ4n) is 7.19. The molecule has 0 unspecified atom stereocenters. The number of benzene rings is 1. The number of hydrogen-bond acceptors (Lipinski definition) is 5. The van der Waals surface area contributed by atoms with Gasteiger partial charge in [-0.05, 0) is 49.1 Å². The summed E-state index contributed by atoms with van der Waals surface area (Å²) in [5.74, 6) is -0.983. The van der Waals surface area contributed by atoms with Crippen LogP contribution in [0.3, 0.4) is 0 Å². The number of likely N-dealkylation sites (tertiary alicyclic amines) is 1. The van der Waals surface area contributed by atoms with Crippen molar-refractivity contribution >= 4 is 35.2 Å². The molecule has 3 heterocycles. The van der Waals surface area contributed by atoms with Crippen LogP contribution in [0.1, 0.15) is 65.7 Å². The van der Waals surface area contributed by atoms with Gasteiger partial charge in [0.1, 0.15) is 11.6 Å². The van der Waals surface area contributed by atoms with E-state index in [-0.39, 0.29) is 23.8 Å². The predicted octanol–water partition coefficient (Wildman–Crippen LogP) is 5.02. The zero-order valence-corrected chi connectivity index (χ0v) is 24.5. The largest absolute Gasteiger partial charge is 0.359 e. The predicted molar refractivity (Wildman–Crippen MR) is 154 cm³/mol. The van der Waals surface area contributed by atoms with Gasteiger partial charge in [0.2, 0.25) is 17.7 Å². The Hall–Kier alpha value is -2.32. The number of ether oxygens (including phenoxy) is 1. The SMILES string of the molecule is CCCCCCN1C(=O)[C@@H]2[C@H](C(=O)Nc3cccc(SC)c3)[C@@H]3C=C[C@@]2(O3)[C@@H]1C(=O)N[C@@H]1CCC[C@@H](C)[C@@H]1C. The minimum absolute atomic E-state index is 0.0825. The molecule has 5 rings (SSSR count). The molecule has 2 saturated heterocycles. The van der Waals surface area contributed by atoms with E-state index in [0.29, 0.717) is 24.1 Å². The number of carbonyl (C=O) groups is 3. The topological polar surface area (TPSA) is 87.7 Å². The standard InChI is InChI=1S/C31H43N3O4S/c1-5-6-7-8-17-34-27(29(36)33-23-14-9-11-19(2)20(23)3)31-16-15-24(38-31)25(26(31)30(34)37)28(35)32-21-12-10-13-22(18-21)39-4/h10,12-13,15-16,18-20,23-27H,5-9,11,14,17H2,1-4H3,(H,32,35)(H,33,36)/t19-,20+,23-,24+,25-,26+,27+,31+/m1/s1. The lowest BCUT2D eigenvalue weighted by molar-refractivity contribution is -0.141. The van der Waals surface area contributed by atoms with E-state index in [9.17, 15) is 14.4 Å². The van der Waals surface area contributed by atoms with Crippen LogP contribution in [0.4, 0.5) is 5.69 Å². The number of hydrogen-bond donors (Lipinski definition) is 2. The molecule has 0 radical (unpaired) electrons. The number of rotatable bonds is 10. The summed E-state index contributed by atoms with van der Waals surface area (Å²) >= 11 is 1.61. The molecule has 7 nitrogen and oxygen atoms in total. The molecule has 2 N–H and O–H groups in total. The van der Waals surface area contributed by atoms with E-state index in [0.717, 1.165) is 43.4 Å². The first-order chi connectivity index (χ1) is 18.8. The number of unbranched alkanes of at least 4 members (excludes halogenated alkanes) is 3. The van der Waals surface area contributed by atoms with Gasteiger partial charge in [-0.2, -0.15) is 0 Å². The number of thioether (sulfide) groups is 1. The van der Waals surface area contributed by atoms with Gasteiger partial charge in [0.05, 0.1) is 17.9 Å². The molecule has 1 aromatic rings. The number of nitrogens with one attached hydrogen (secondary N) is 2. The molecule has 1 aliphatic carbocycles. The number of nitrogens with zero attached hydrogens (tertiary/aromatic N) is 1. The van der Waals surface area contributed by atoms with Crippen molar-refractivity contribution < 1.29 is 19.1 Å². The van der Waals surface area contributed by atoms with Crippen LogP contribution in [-0.2, 0) is 19.1 Å². The van der Waals surface area contributed by atoms with Crippen LogP contribution in [-0.4, -0.2) is 59.2 Å². The van der Waals surface area contributed by atoms with E-state index >= 15 is 0 Å². The number of anilines is 1. The summed E-state index contributed by atoms with van der Waals surface area (Å²) in [7, 11) is 0. The second-order valence-corrected chi connectivity index (χ2v) is 12.8. The molecule has 1 aromatic carbocycles. The molecule has 1 saturated carbocycles. The van der Waals surface area contributed by atoms with E-state index in [2.05, 4.69) is 31.4 Å². The van der Waals surface area contributed by atoms with Crippen molar-refractivity contribution in [3.63, 3.8) is 0 Å². The van der Waals surface area contributed by atoms with Crippen molar-refractivity contribution in [3.05, 3.63) is 36.4 Å². The third-order valence-electron chi connectivity index (χ3n) is 9.55. The molecule has 8 heteroatoms. The Morgan fingerprint density at radius 2 is 1.97 bits per heavy atom. The van der Waals surface area contributed by atoms with Gasteiger partial charge in [0, 0.05) is 23.2 Å². The maximum atomic E-state index is 14.1. The normalized spacial score (nSPS) is 34.8. The van der Waals surface area contributed by atoms with Crippen molar-refractivity contribution in [2.75, 3.05) is 18.1 Å². The third kappa shape index (κ3) is 5.15. The Balaban J connectivity index is 1.41. The monoisotopic (exact) mass is 553 g/mol. The molecular weight excluding hydrogens is 510 g/mol. The minimum atomic E-state index is -1.11. The Bertz CT molecular complexity index is 1120. The van der Waals surface area contributed by atoms with E-state index in [1.807, 2.05) is 42.7 Å². The third-order valence-corrected chi connectivity index (χ3v) is 10.3. The first-order valence-corrected chi connectivity index (χ1v) is 16.0.